The van der Waals surface area contributed by atoms with E-state index in [1.54, 1.807) is 13.8 Å². The van der Waals surface area contributed by atoms with Gasteiger partial charge in [0.1, 0.15) is 18.2 Å². The maximum Gasteiger partial charge on any atom is 0.146 e. The minimum Gasteiger partial charge on any atom is -0.326 e. The summed E-state index contributed by atoms with van der Waals surface area (Å²) in [7, 11) is 2.19. The molecule has 2 unspecified atom stereocenters. The number of amidine groups is 1. The SMILES string of the molecule is CCC/C(C)=N/NC(C)=NC(C=O)C(C)N.CN1CCC(c2ccc(Cl)cc2)CC1. The summed E-state index contributed by atoms with van der Waals surface area (Å²) in [4.78, 5) is 17.2. The number of hydrogen-bond donors (Lipinski definition) is 2. The summed E-state index contributed by atoms with van der Waals surface area (Å²) >= 11 is 5.87. The molecule has 7 heteroatoms. The highest BCUT2D eigenvalue weighted by Crippen LogP contribution is 2.28. The molecule has 0 spiro atoms. The van der Waals surface area contributed by atoms with Gasteiger partial charge < -0.3 is 15.4 Å². The maximum absolute atomic E-state index is 10.7. The van der Waals surface area contributed by atoms with Crippen LogP contribution in [0, 0.1) is 0 Å². The van der Waals surface area contributed by atoms with E-state index in [0.717, 1.165) is 35.8 Å². The predicted molar refractivity (Wildman–Crippen MR) is 129 cm³/mol. The van der Waals surface area contributed by atoms with E-state index in [4.69, 9.17) is 17.3 Å². The molecule has 0 bridgehead atoms. The molecule has 0 radical (unpaired) electrons. The monoisotopic (exact) mass is 435 g/mol. The Morgan fingerprint density at radius 2 is 1.90 bits per heavy atom. The van der Waals surface area contributed by atoms with Gasteiger partial charge in [-0.15, -0.1) is 0 Å². The standard InChI is InChI=1S/C12H16ClN.C11H22N4O/c1-14-8-6-11(7-9-14)10-2-4-12(13)5-3-10;1-5-6-8(2)14-15-10(4)13-11(7-16)9(3)12/h2-5,11H,6-9H2,1H3;7,9,11H,5-6,12H2,1-4H3,(H,13,15)/b;14-8+. The first-order valence-electron chi connectivity index (χ1n) is 10.7. The quantitative estimate of drug-likeness (QED) is 0.290. The van der Waals surface area contributed by atoms with Gasteiger partial charge in [-0.3, -0.25) is 10.4 Å². The molecular weight excluding hydrogens is 398 g/mol. The first kappa shape index (κ1) is 26.3. The summed E-state index contributed by atoms with van der Waals surface area (Å²) in [6.45, 7) is 9.99. The van der Waals surface area contributed by atoms with Crippen LogP contribution in [0.15, 0.2) is 34.4 Å². The van der Waals surface area contributed by atoms with Crippen molar-refractivity contribution in [3.63, 3.8) is 0 Å². The summed E-state index contributed by atoms with van der Waals surface area (Å²) in [6.07, 6.45) is 5.31. The molecule has 1 heterocycles. The lowest BCUT2D eigenvalue weighted by atomic mass is 9.90. The second-order valence-corrected chi connectivity index (χ2v) is 8.47. The lowest BCUT2D eigenvalue weighted by Gasteiger charge is -2.29. The lowest BCUT2D eigenvalue weighted by molar-refractivity contribution is -0.109. The van der Waals surface area contributed by atoms with Gasteiger partial charge in [0.15, 0.2) is 0 Å². The number of halogens is 1. The van der Waals surface area contributed by atoms with Crippen LogP contribution in [0.2, 0.25) is 5.02 Å². The molecule has 1 aromatic carbocycles. The van der Waals surface area contributed by atoms with E-state index in [1.165, 1.54) is 31.5 Å². The van der Waals surface area contributed by atoms with Gasteiger partial charge >= 0.3 is 0 Å². The molecule has 0 saturated carbocycles. The summed E-state index contributed by atoms with van der Waals surface area (Å²) in [5.41, 5.74) is 10.9. The Morgan fingerprint density at radius 3 is 2.40 bits per heavy atom. The molecule has 30 heavy (non-hydrogen) atoms. The summed E-state index contributed by atoms with van der Waals surface area (Å²) < 4.78 is 0. The zero-order chi connectivity index (χ0) is 22.5. The van der Waals surface area contributed by atoms with Gasteiger partial charge in [0.2, 0.25) is 0 Å². The van der Waals surface area contributed by atoms with Crippen LogP contribution in [0.5, 0.6) is 0 Å². The van der Waals surface area contributed by atoms with Crippen LogP contribution in [0.3, 0.4) is 0 Å². The van der Waals surface area contributed by atoms with Gasteiger partial charge in [0.05, 0.1) is 0 Å². The van der Waals surface area contributed by atoms with Gasteiger partial charge in [-0.2, -0.15) is 5.10 Å². The number of piperidine rings is 1. The van der Waals surface area contributed by atoms with Crippen LogP contribution in [-0.4, -0.2) is 55.0 Å². The van der Waals surface area contributed by atoms with Crippen LogP contribution in [0.25, 0.3) is 0 Å². The third-order valence-corrected chi connectivity index (χ3v) is 5.35. The highest BCUT2D eigenvalue weighted by molar-refractivity contribution is 6.30. The van der Waals surface area contributed by atoms with Crippen LogP contribution >= 0.6 is 11.6 Å². The Morgan fingerprint density at radius 1 is 1.30 bits per heavy atom. The minimum atomic E-state index is -0.505. The van der Waals surface area contributed by atoms with Crippen LogP contribution in [0.1, 0.15) is 64.9 Å². The van der Waals surface area contributed by atoms with Crippen molar-refractivity contribution in [1.29, 1.82) is 0 Å². The first-order chi connectivity index (χ1) is 14.3. The molecule has 0 aromatic heterocycles. The summed E-state index contributed by atoms with van der Waals surface area (Å²) in [6, 6.07) is 7.53. The molecule has 0 aliphatic carbocycles. The van der Waals surface area contributed by atoms with Crippen molar-refractivity contribution in [3.8, 4) is 0 Å². The van der Waals surface area contributed by atoms with Crippen LogP contribution in [0.4, 0.5) is 0 Å². The predicted octanol–water partition coefficient (Wildman–Crippen LogP) is 4.23. The number of nitrogens with one attached hydrogen (secondary N) is 1. The van der Waals surface area contributed by atoms with Crippen molar-refractivity contribution in [2.45, 2.75) is 71.4 Å². The number of hydrogen-bond acceptors (Lipinski definition) is 5. The van der Waals surface area contributed by atoms with E-state index in [-0.39, 0.29) is 6.04 Å². The molecule has 2 rings (SSSR count). The fourth-order valence-electron chi connectivity index (χ4n) is 3.20. The second-order valence-electron chi connectivity index (χ2n) is 8.04. The van der Waals surface area contributed by atoms with Crippen LogP contribution < -0.4 is 11.2 Å². The maximum atomic E-state index is 10.7. The summed E-state index contributed by atoms with van der Waals surface area (Å²) in [5, 5.41) is 4.97. The largest absolute Gasteiger partial charge is 0.326 e. The number of nitrogens with two attached hydrogens (primary N) is 1. The van der Waals surface area contributed by atoms with Gasteiger partial charge in [-0.1, -0.05) is 37.1 Å². The van der Waals surface area contributed by atoms with Crippen molar-refractivity contribution in [3.05, 3.63) is 34.9 Å². The van der Waals surface area contributed by atoms with E-state index in [2.05, 4.69) is 46.5 Å². The van der Waals surface area contributed by atoms with E-state index in [0.29, 0.717) is 5.84 Å². The molecule has 168 valence electrons. The number of carbonyl (C=O) groups excluding carboxylic acids is 1. The van der Waals surface area contributed by atoms with E-state index in [1.807, 2.05) is 19.1 Å². The van der Waals surface area contributed by atoms with E-state index >= 15 is 0 Å². The molecule has 3 N–H and O–H groups in total. The molecule has 1 aromatic rings. The van der Waals surface area contributed by atoms with Crippen molar-refractivity contribution < 1.29 is 4.79 Å². The van der Waals surface area contributed by atoms with Crippen LogP contribution in [-0.2, 0) is 4.79 Å². The third kappa shape index (κ3) is 10.3. The van der Waals surface area contributed by atoms with Crippen molar-refractivity contribution in [2.24, 2.45) is 15.8 Å². The molecule has 1 saturated heterocycles. The average molecular weight is 436 g/mol. The molecule has 2 atom stereocenters. The van der Waals surface area contributed by atoms with E-state index < -0.39 is 6.04 Å². The highest BCUT2D eigenvalue weighted by atomic mass is 35.5. The number of nitrogens with zero attached hydrogens (tertiary/aromatic N) is 3. The zero-order valence-corrected chi connectivity index (χ0v) is 19.8. The van der Waals surface area contributed by atoms with Gasteiger partial charge in [0, 0.05) is 16.8 Å². The summed E-state index contributed by atoms with van der Waals surface area (Å²) in [5.74, 6) is 1.34. The van der Waals surface area contributed by atoms with E-state index in [9.17, 15) is 4.79 Å². The Labute approximate surface area is 187 Å². The Kier molecular flexibility index (Phi) is 12.5. The average Bonchev–Trinajstić information content (AvgIpc) is 2.72. The van der Waals surface area contributed by atoms with Gasteiger partial charge in [-0.05, 0) is 83.8 Å². The normalized spacial score (nSPS) is 18.2. The molecule has 1 aliphatic rings. The topological polar surface area (TPSA) is 83.1 Å². The second kappa shape index (κ2) is 14.3. The smallest absolute Gasteiger partial charge is 0.146 e. The minimum absolute atomic E-state index is 0.282. The number of aldehydes is 1. The fourth-order valence-corrected chi connectivity index (χ4v) is 3.32. The number of likely N-dealkylation sites (tertiary alicyclic amines) is 1. The number of aliphatic imine (C=N–C) groups is 1. The molecular formula is C23H38ClN5O. The fraction of sp³-hybridized carbons (Fsp3) is 0.609. The third-order valence-electron chi connectivity index (χ3n) is 5.10. The lowest BCUT2D eigenvalue weighted by Crippen LogP contribution is -2.33. The van der Waals surface area contributed by atoms with Crippen molar-refractivity contribution in [2.75, 3.05) is 20.1 Å². The molecule has 1 aliphatic heterocycles. The number of hydrazone groups is 1. The first-order valence-corrected chi connectivity index (χ1v) is 11.1. The molecule has 0 amide bonds. The van der Waals surface area contributed by atoms with Crippen molar-refractivity contribution >= 4 is 29.4 Å². The number of benzene rings is 1. The molecule has 1 fully saturated rings. The zero-order valence-electron chi connectivity index (χ0n) is 19.1. The van der Waals surface area contributed by atoms with Gasteiger partial charge in [0.25, 0.3) is 0 Å². The number of rotatable bonds is 7. The highest BCUT2D eigenvalue weighted by Gasteiger charge is 2.17. The Balaban J connectivity index is 0.000000301. The Hall–Kier alpha value is -1.76. The van der Waals surface area contributed by atoms with Gasteiger partial charge in [-0.25, -0.2) is 0 Å². The van der Waals surface area contributed by atoms with Crippen molar-refractivity contribution in [1.82, 2.24) is 10.3 Å². The molecule has 6 nitrogen and oxygen atoms in total. The Bertz CT molecular complexity index is 679. The number of carbonyl (C=O) groups is 1.